The zero-order valence-electron chi connectivity index (χ0n) is 24.6. The van der Waals surface area contributed by atoms with Gasteiger partial charge in [-0.15, -0.1) is 0 Å². The monoisotopic (exact) mass is 588 g/mol. The number of rotatable bonds is 13. The van der Waals surface area contributed by atoms with Crippen LogP contribution in [0.2, 0.25) is 0 Å². The Hall–Kier alpha value is -4.83. The lowest BCUT2D eigenvalue weighted by molar-refractivity contribution is -0.141. The Morgan fingerprint density at radius 2 is 1.58 bits per heavy atom. The molecule has 0 saturated heterocycles. The molecule has 1 heterocycles. The van der Waals surface area contributed by atoms with Crippen molar-refractivity contribution >= 4 is 22.8 Å². The van der Waals surface area contributed by atoms with Crippen molar-refractivity contribution in [3.63, 3.8) is 0 Å². The van der Waals surface area contributed by atoms with Crippen molar-refractivity contribution in [2.24, 2.45) is 5.73 Å². The molecule has 43 heavy (non-hydrogen) atoms. The first-order chi connectivity index (χ1) is 20.5. The summed E-state index contributed by atoms with van der Waals surface area (Å²) in [4.78, 5) is 38.7. The molecule has 0 spiro atoms. The number of primary amides is 1. The van der Waals surface area contributed by atoms with Crippen LogP contribution in [0.25, 0.3) is 22.1 Å². The van der Waals surface area contributed by atoms with E-state index in [1.54, 1.807) is 86.8 Å². The Balaban J connectivity index is 1.38. The minimum Gasteiger partial charge on any atom is -0.497 e. The number of methoxy groups -OCH3 is 1. The third-order valence-electron chi connectivity index (χ3n) is 6.83. The van der Waals surface area contributed by atoms with Gasteiger partial charge in [0, 0.05) is 17.5 Å². The van der Waals surface area contributed by atoms with Gasteiger partial charge in [-0.2, -0.15) is 0 Å². The predicted octanol–water partition coefficient (Wildman–Crippen LogP) is 3.94. The van der Waals surface area contributed by atoms with Crippen LogP contribution in [0.1, 0.15) is 26.3 Å². The molecule has 2 atom stereocenters. The number of ether oxygens (including phenoxy) is 3. The van der Waals surface area contributed by atoms with Crippen LogP contribution in [0.4, 0.5) is 0 Å². The van der Waals surface area contributed by atoms with Gasteiger partial charge in [-0.05, 0) is 74.4 Å². The van der Waals surface area contributed by atoms with Gasteiger partial charge in [0.05, 0.1) is 25.6 Å². The van der Waals surface area contributed by atoms with E-state index in [2.05, 4.69) is 0 Å². The molecule has 0 bridgehead atoms. The highest BCUT2D eigenvalue weighted by Crippen LogP contribution is 2.26. The Labute approximate surface area is 249 Å². The number of nitrogens with zero attached hydrogens (tertiary/aromatic N) is 1. The molecule has 0 radical (unpaired) electrons. The van der Waals surface area contributed by atoms with Gasteiger partial charge in [-0.1, -0.05) is 24.3 Å². The van der Waals surface area contributed by atoms with E-state index in [9.17, 15) is 19.5 Å². The van der Waals surface area contributed by atoms with E-state index in [4.69, 9.17) is 24.4 Å². The lowest BCUT2D eigenvalue weighted by Gasteiger charge is -2.31. The van der Waals surface area contributed by atoms with Crippen LogP contribution < -0.4 is 25.6 Å². The summed E-state index contributed by atoms with van der Waals surface area (Å²) >= 11 is 0. The number of carbonyl (C=O) groups excluding carboxylic acids is 2. The average Bonchev–Trinajstić information content (AvgIpc) is 2.98. The zero-order chi connectivity index (χ0) is 31.1. The highest BCUT2D eigenvalue weighted by atomic mass is 16.5. The first-order valence-corrected chi connectivity index (χ1v) is 13.9. The van der Waals surface area contributed by atoms with Crippen molar-refractivity contribution in [3.8, 4) is 28.4 Å². The third-order valence-corrected chi connectivity index (χ3v) is 6.83. The first-order valence-electron chi connectivity index (χ1n) is 13.9. The third kappa shape index (κ3) is 8.14. The van der Waals surface area contributed by atoms with Crippen molar-refractivity contribution in [2.45, 2.75) is 45.4 Å². The van der Waals surface area contributed by atoms with Gasteiger partial charge in [0.2, 0.25) is 5.91 Å². The molecule has 10 nitrogen and oxygen atoms in total. The molecule has 1 unspecified atom stereocenters. The molecule has 0 aliphatic carbocycles. The van der Waals surface area contributed by atoms with E-state index >= 15 is 0 Å². The summed E-state index contributed by atoms with van der Waals surface area (Å²) in [6.07, 6.45) is -1.71. The average molecular weight is 589 g/mol. The first kappa shape index (κ1) is 31.1. The van der Waals surface area contributed by atoms with Crippen molar-refractivity contribution in [2.75, 3.05) is 20.3 Å². The highest BCUT2D eigenvalue weighted by molar-refractivity contribution is 5.84. The number of fused-ring (bicyclic) bond motifs is 1. The molecular weight excluding hydrogens is 552 g/mol. The molecule has 0 aliphatic heterocycles. The SMILES string of the molecule is COc1ccc(-c2cc3ccc(O[C@H](C)C(=O)N(CC(O)COc4ccc(CC(N)=O)cc4)C(C)C)cc3oc2=O)cc1. The van der Waals surface area contributed by atoms with Crippen molar-refractivity contribution in [1.82, 2.24) is 4.90 Å². The summed E-state index contributed by atoms with van der Waals surface area (Å²) in [5.74, 6) is 0.823. The molecule has 0 saturated carbocycles. The minimum absolute atomic E-state index is 0.0324. The quantitative estimate of drug-likeness (QED) is 0.224. The second kappa shape index (κ2) is 13.9. The van der Waals surface area contributed by atoms with Crippen LogP contribution in [0.5, 0.6) is 17.2 Å². The molecule has 1 aromatic heterocycles. The second-order valence-corrected chi connectivity index (χ2v) is 10.5. The molecule has 0 aliphatic rings. The van der Waals surface area contributed by atoms with Crippen molar-refractivity contribution in [3.05, 3.63) is 88.8 Å². The Bertz CT molecular complexity index is 1610. The summed E-state index contributed by atoms with van der Waals surface area (Å²) in [5, 5.41) is 11.3. The van der Waals surface area contributed by atoms with Crippen LogP contribution in [0, 0.1) is 0 Å². The van der Waals surface area contributed by atoms with E-state index in [1.165, 1.54) is 4.90 Å². The van der Waals surface area contributed by atoms with Gasteiger partial charge in [-0.3, -0.25) is 9.59 Å². The van der Waals surface area contributed by atoms with E-state index in [0.29, 0.717) is 39.3 Å². The van der Waals surface area contributed by atoms with Gasteiger partial charge < -0.3 is 34.4 Å². The normalized spacial score (nSPS) is 12.5. The number of carbonyl (C=O) groups is 2. The highest BCUT2D eigenvalue weighted by Gasteiger charge is 2.27. The fourth-order valence-corrected chi connectivity index (χ4v) is 4.56. The number of hydrogen-bond acceptors (Lipinski definition) is 8. The van der Waals surface area contributed by atoms with Crippen molar-refractivity contribution < 1.29 is 33.3 Å². The second-order valence-electron chi connectivity index (χ2n) is 10.5. The fourth-order valence-electron chi connectivity index (χ4n) is 4.56. The Kier molecular flexibility index (Phi) is 10.0. The summed E-state index contributed by atoms with van der Waals surface area (Å²) in [6.45, 7) is 5.32. The van der Waals surface area contributed by atoms with Gasteiger partial charge in [0.15, 0.2) is 6.10 Å². The lowest BCUT2D eigenvalue weighted by atomic mass is 10.1. The topological polar surface area (TPSA) is 142 Å². The summed E-state index contributed by atoms with van der Waals surface area (Å²) in [7, 11) is 1.57. The van der Waals surface area contributed by atoms with Crippen LogP contribution in [0.3, 0.4) is 0 Å². The van der Waals surface area contributed by atoms with Crippen LogP contribution >= 0.6 is 0 Å². The molecule has 226 valence electrons. The maximum absolute atomic E-state index is 13.3. The van der Waals surface area contributed by atoms with E-state index in [0.717, 1.165) is 5.56 Å². The molecule has 10 heteroatoms. The lowest BCUT2D eigenvalue weighted by Crippen LogP contribution is -2.48. The largest absolute Gasteiger partial charge is 0.497 e. The molecule has 3 aromatic carbocycles. The van der Waals surface area contributed by atoms with Gasteiger partial charge in [0.25, 0.3) is 5.91 Å². The molecule has 2 amide bonds. The van der Waals surface area contributed by atoms with E-state index in [1.807, 2.05) is 13.8 Å². The van der Waals surface area contributed by atoms with Crippen LogP contribution in [-0.4, -0.2) is 60.3 Å². The standard InChI is InChI=1S/C33H36N2O8/c1-20(2)35(18-25(36)19-41-27-10-5-22(6-11-27)15-31(34)37)32(38)21(3)42-28-14-9-24-16-29(33(39)43-30(24)17-28)23-7-12-26(40-4)13-8-23/h5-14,16-17,20-21,25,36H,15,18-19H2,1-4H3,(H2,34,37)/t21-,25?/m1/s1. The van der Waals surface area contributed by atoms with Gasteiger partial charge in [0.1, 0.15) is 35.5 Å². The summed E-state index contributed by atoms with van der Waals surface area (Å²) in [6, 6.07) is 20.6. The maximum atomic E-state index is 13.3. The zero-order valence-corrected chi connectivity index (χ0v) is 24.6. The fraction of sp³-hybridized carbons (Fsp3) is 0.303. The Morgan fingerprint density at radius 1 is 0.930 bits per heavy atom. The maximum Gasteiger partial charge on any atom is 0.344 e. The number of hydrogen-bond donors (Lipinski definition) is 2. The minimum atomic E-state index is -0.960. The van der Waals surface area contributed by atoms with Gasteiger partial charge in [-0.25, -0.2) is 4.79 Å². The number of nitrogens with two attached hydrogens (primary N) is 1. The number of amides is 2. The smallest absolute Gasteiger partial charge is 0.344 e. The van der Waals surface area contributed by atoms with Gasteiger partial charge >= 0.3 is 5.63 Å². The Morgan fingerprint density at radius 3 is 2.21 bits per heavy atom. The van der Waals surface area contributed by atoms with Crippen LogP contribution in [-0.2, 0) is 16.0 Å². The van der Waals surface area contributed by atoms with E-state index < -0.39 is 23.7 Å². The molecular formula is C33H36N2O8. The molecule has 4 rings (SSSR count). The summed E-state index contributed by atoms with van der Waals surface area (Å²) in [5.41, 5.74) is 6.93. The van der Waals surface area contributed by atoms with E-state index in [-0.39, 0.29) is 31.5 Å². The number of benzene rings is 3. The summed E-state index contributed by atoms with van der Waals surface area (Å²) < 4.78 is 22.4. The predicted molar refractivity (Wildman–Crippen MR) is 162 cm³/mol. The molecule has 4 aromatic rings. The number of aliphatic hydroxyl groups is 1. The van der Waals surface area contributed by atoms with Crippen LogP contribution in [0.15, 0.2) is 82.0 Å². The van der Waals surface area contributed by atoms with Crippen molar-refractivity contribution in [1.29, 1.82) is 0 Å². The molecule has 3 N–H and O–H groups in total. The number of aliphatic hydroxyl groups excluding tert-OH is 1. The molecule has 0 fully saturated rings.